The lowest BCUT2D eigenvalue weighted by molar-refractivity contribution is -0.143. The number of unbranched alkanes of at least 4 members (excludes halogenated alkanes) is 1. The van der Waals surface area contributed by atoms with Crippen molar-refractivity contribution in [3.8, 4) is 0 Å². The molecule has 0 unspecified atom stereocenters. The van der Waals surface area contributed by atoms with Crippen molar-refractivity contribution >= 4 is 5.78 Å². The number of nitrogens with two attached hydrogens (primary N) is 1. The maximum atomic E-state index is 11.6. The van der Waals surface area contributed by atoms with E-state index in [0.717, 1.165) is 0 Å². The van der Waals surface area contributed by atoms with Crippen molar-refractivity contribution in [2.24, 2.45) is 5.73 Å². The maximum Gasteiger partial charge on any atom is 0.389 e. The van der Waals surface area contributed by atoms with Gasteiger partial charge in [0.2, 0.25) is 0 Å². The molecule has 0 aliphatic carbocycles. The first-order valence-corrected chi connectivity index (χ1v) is 4.24. The van der Waals surface area contributed by atoms with Crippen LogP contribution in [0, 0.1) is 0 Å². The number of carbonyl (C=O) groups is 1. The average molecular weight is 197 g/mol. The molecule has 0 atom stereocenters. The van der Waals surface area contributed by atoms with Crippen molar-refractivity contribution in [1.29, 1.82) is 0 Å². The molecule has 2 nitrogen and oxygen atoms in total. The summed E-state index contributed by atoms with van der Waals surface area (Å²) in [7, 11) is 0. The third-order valence-corrected chi connectivity index (χ3v) is 1.60. The predicted octanol–water partition coefficient (Wildman–Crippen LogP) is 2.03. The minimum Gasteiger partial charge on any atom is -0.330 e. The second kappa shape index (κ2) is 5.96. The van der Waals surface area contributed by atoms with E-state index in [0.29, 0.717) is 19.4 Å². The van der Waals surface area contributed by atoms with Crippen molar-refractivity contribution in [2.75, 3.05) is 6.54 Å². The summed E-state index contributed by atoms with van der Waals surface area (Å²) < 4.78 is 34.9. The minimum absolute atomic E-state index is 0.216. The van der Waals surface area contributed by atoms with Crippen LogP contribution in [0.4, 0.5) is 13.2 Å². The Hall–Kier alpha value is -0.580. The number of Topliss-reactive ketones (excluding diaryl/α,β-unsaturated/α-hetero) is 1. The van der Waals surface area contributed by atoms with Gasteiger partial charge in [-0.05, 0) is 19.4 Å². The Labute approximate surface area is 75.3 Å². The van der Waals surface area contributed by atoms with E-state index in [9.17, 15) is 18.0 Å². The van der Waals surface area contributed by atoms with E-state index >= 15 is 0 Å². The van der Waals surface area contributed by atoms with Crippen LogP contribution in [-0.4, -0.2) is 18.5 Å². The molecule has 0 aliphatic rings. The lowest BCUT2D eigenvalue weighted by Crippen LogP contribution is -2.11. The summed E-state index contributed by atoms with van der Waals surface area (Å²) >= 11 is 0. The summed E-state index contributed by atoms with van der Waals surface area (Å²) in [6.07, 6.45) is -4.12. The highest BCUT2D eigenvalue weighted by Gasteiger charge is 2.27. The van der Waals surface area contributed by atoms with E-state index in [1.54, 1.807) is 0 Å². The number of hydrogen-bond donors (Lipinski definition) is 1. The number of hydrogen-bond acceptors (Lipinski definition) is 2. The van der Waals surface area contributed by atoms with Crippen molar-refractivity contribution in [3.05, 3.63) is 0 Å². The van der Waals surface area contributed by atoms with E-state index in [1.165, 1.54) is 0 Å². The summed E-state index contributed by atoms with van der Waals surface area (Å²) in [5.41, 5.74) is 5.17. The van der Waals surface area contributed by atoms with Crippen LogP contribution in [0.3, 0.4) is 0 Å². The summed E-state index contributed by atoms with van der Waals surface area (Å²) in [4.78, 5) is 10.8. The van der Waals surface area contributed by atoms with Gasteiger partial charge in [0.1, 0.15) is 5.78 Å². The van der Waals surface area contributed by atoms with Crippen LogP contribution >= 0.6 is 0 Å². The first kappa shape index (κ1) is 12.4. The number of alkyl halides is 3. The smallest absolute Gasteiger partial charge is 0.330 e. The Morgan fingerprint density at radius 1 is 1.15 bits per heavy atom. The van der Waals surface area contributed by atoms with Crippen LogP contribution in [-0.2, 0) is 4.79 Å². The summed E-state index contributed by atoms with van der Waals surface area (Å²) in [6.45, 7) is 0.479. The van der Waals surface area contributed by atoms with Crippen molar-refractivity contribution in [3.63, 3.8) is 0 Å². The molecule has 13 heavy (non-hydrogen) atoms. The van der Waals surface area contributed by atoms with Gasteiger partial charge in [0.05, 0.1) is 6.42 Å². The minimum atomic E-state index is -4.22. The van der Waals surface area contributed by atoms with Crippen molar-refractivity contribution < 1.29 is 18.0 Å². The zero-order valence-corrected chi connectivity index (χ0v) is 7.36. The molecule has 78 valence electrons. The highest BCUT2D eigenvalue weighted by atomic mass is 19.4. The molecule has 0 saturated heterocycles. The highest BCUT2D eigenvalue weighted by molar-refractivity contribution is 5.78. The fourth-order valence-electron chi connectivity index (χ4n) is 0.873. The standard InChI is InChI=1S/C8H14F3NO/c9-8(10,11)5-4-7(13)3-1-2-6-12/h1-6,12H2. The molecule has 0 aromatic heterocycles. The Morgan fingerprint density at radius 3 is 2.23 bits per heavy atom. The lowest BCUT2D eigenvalue weighted by Gasteiger charge is -2.04. The Balaban J connectivity index is 3.41. The van der Waals surface area contributed by atoms with Gasteiger partial charge in [0.25, 0.3) is 0 Å². The van der Waals surface area contributed by atoms with Gasteiger partial charge in [-0.3, -0.25) is 4.79 Å². The number of halogens is 3. The zero-order chi connectivity index (χ0) is 10.3. The fraction of sp³-hybridized carbons (Fsp3) is 0.875. The first-order chi connectivity index (χ1) is 5.95. The molecule has 0 heterocycles. The lowest BCUT2D eigenvalue weighted by atomic mass is 10.1. The third kappa shape index (κ3) is 9.33. The van der Waals surface area contributed by atoms with Crippen LogP contribution in [0.15, 0.2) is 0 Å². The van der Waals surface area contributed by atoms with E-state index in [1.807, 2.05) is 0 Å². The van der Waals surface area contributed by atoms with E-state index in [-0.39, 0.29) is 12.2 Å². The topological polar surface area (TPSA) is 43.1 Å². The molecule has 0 fully saturated rings. The molecule has 0 rings (SSSR count). The van der Waals surface area contributed by atoms with Gasteiger partial charge in [0.15, 0.2) is 0 Å². The second-order valence-corrected chi connectivity index (χ2v) is 2.90. The molecule has 0 aliphatic heterocycles. The molecule has 0 bridgehead atoms. The van der Waals surface area contributed by atoms with Gasteiger partial charge < -0.3 is 5.73 Å². The van der Waals surface area contributed by atoms with Crippen molar-refractivity contribution in [1.82, 2.24) is 0 Å². The monoisotopic (exact) mass is 197 g/mol. The Morgan fingerprint density at radius 2 is 1.77 bits per heavy atom. The summed E-state index contributed by atoms with van der Waals surface area (Å²) in [6, 6.07) is 0. The molecular formula is C8H14F3NO. The number of rotatable bonds is 6. The van der Waals surface area contributed by atoms with Gasteiger partial charge in [-0.2, -0.15) is 13.2 Å². The van der Waals surface area contributed by atoms with Gasteiger partial charge in [0, 0.05) is 12.8 Å². The maximum absolute atomic E-state index is 11.6. The Kier molecular flexibility index (Phi) is 5.70. The molecule has 0 radical (unpaired) electrons. The molecule has 0 aromatic rings. The van der Waals surface area contributed by atoms with Gasteiger partial charge in [-0.15, -0.1) is 0 Å². The molecule has 0 spiro atoms. The van der Waals surface area contributed by atoms with Crippen LogP contribution < -0.4 is 5.73 Å². The molecule has 0 aromatic carbocycles. The summed E-state index contributed by atoms with van der Waals surface area (Å²) in [5.74, 6) is -0.328. The molecule has 0 saturated carbocycles. The number of carbonyl (C=O) groups excluding carboxylic acids is 1. The van der Waals surface area contributed by atoms with Crippen LogP contribution in [0.5, 0.6) is 0 Å². The number of ketones is 1. The summed E-state index contributed by atoms with van der Waals surface area (Å²) in [5, 5.41) is 0. The molecule has 5 heteroatoms. The molecule has 2 N–H and O–H groups in total. The van der Waals surface area contributed by atoms with Crippen LogP contribution in [0.25, 0.3) is 0 Å². The fourth-order valence-corrected chi connectivity index (χ4v) is 0.873. The van der Waals surface area contributed by atoms with Gasteiger partial charge in [-0.1, -0.05) is 0 Å². The van der Waals surface area contributed by atoms with E-state index < -0.39 is 19.0 Å². The predicted molar refractivity (Wildman–Crippen MR) is 43.2 cm³/mol. The van der Waals surface area contributed by atoms with Gasteiger partial charge in [-0.25, -0.2) is 0 Å². The third-order valence-electron chi connectivity index (χ3n) is 1.60. The van der Waals surface area contributed by atoms with Gasteiger partial charge >= 0.3 is 6.18 Å². The molecular weight excluding hydrogens is 183 g/mol. The van der Waals surface area contributed by atoms with E-state index in [4.69, 9.17) is 5.73 Å². The second-order valence-electron chi connectivity index (χ2n) is 2.90. The Bertz CT molecular complexity index is 156. The van der Waals surface area contributed by atoms with Crippen molar-refractivity contribution in [2.45, 2.75) is 38.3 Å². The normalized spacial score (nSPS) is 11.7. The zero-order valence-electron chi connectivity index (χ0n) is 7.36. The average Bonchev–Trinajstić information content (AvgIpc) is 2.00. The largest absolute Gasteiger partial charge is 0.389 e. The highest BCUT2D eigenvalue weighted by Crippen LogP contribution is 2.21. The quantitative estimate of drug-likeness (QED) is 0.662. The molecule has 0 amide bonds. The SMILES string of the molecule is NCCCCC(=O)CCC(F)(F)F. The van der Waals surface area contributed by atoms with Crippen LogP contribution in [0.2, 0.25) is 0 Å². The first-order valence-electron chi connectivity index (χ1n) is 4.24. The van der Waals surface area contributed by atoms with E-state index in [2.05, 4.69) is 0 Å². The van der Waals surface area contributed by atoms with Crippen LogP contribution in [0.1, 0.15) is 32.1 Å².